The quantitative estimate of drug-likeness (QED) is 0.508. The summed E-state index contributed by atoms with van der Waals surface area (Å²) >= 11 is 3.55. The van der Waals surface area contributed by atoms with Crippen LogP contribution < -0.4 is 14.5 Å². The van der Waals surface area contributed by atoms with Gasteiger partial charge >= 0.3 is 0 Å². The number of nitrogens with zero attached hydrogens (tertiary/aromatic N) is 4. The van der Waals surface area contributed by atoms with Crippen LogP contribution in [-0.4, -0.2) is 43.3 Å². The van der Waals surface area contributed by atoms with Crippen molar-refractivity contribution in [3.05, 3.63) is 42.0 Å². The lowest BCUT2D eigenvalue weighted by molar-refractivity contribution is 0.415. The average Bonchev–Trinajstić information content (AvgIpc) is 3.31. The number of methoxy groups -OCH3 is 1. The SMILES string of the molecule is COc1ccc2sc(N3CCN(c4nc5ccc(C)cc5s4)CC3)nc2c1. The molecule has 1 saturated heterocycles. The zero-order valence-corrected chi connectivity index (χ0v) is 16.9. The maximum Gasteiger partial charge on any atom is 0.186 e. The van der Waals surface area contributed by atoms with E-state index in [1.165, 1.54) is 15.0 Å². The van der Waals surface area contributed by atoms with Gasteiger partial charge in [0.1, 0.15) is 5.75 Å². The Balaban J connectivity index is 1.33. The first-order valence-electron chi connectivity index (χ1n) is 9.01. The third-order valence-corrected chi connectivity index (χ3v) is 7.11. The van der Waals surface area contributed by atoms with Crippen LogP contribution in [0.4, 0.5) is 10.3 Å². The number of piperazine rings is 1. The Labute approximate surface area is 165 Å². The normalized spacial score (nSPS) is 15.0. The van der Waals surface area contributed by atoms with E-state index in [-0.39, 0.29) is 0 Å². The molecule has 0 bridgehead atoms. The summed E-state index contributed by atoms with van der Waals surface area (Å²) in [6.45, 7) is 6.00. The number of aryl methyl sites for hydroxylation is 1. The summed E-state index contributed by atoms with van der Waals surface area (Å²) in [6, 6.07) is 12.6. The summed E-state index contributed by atoms with van der Waals surface area (Å²) < 4.78 is 7.79. The number of hydrogen-bond acceptors (Lipinski definition) is 7. The highest BCUT2D eigenvalue weighted by Crippen LogP contribution is 2.33. The Bertz CT molecular complexity index is 1110. The lowest BCUT2D eigenvalue weighted by Gasteiger charge is -2.34. The molecule has 4 aromatic rings. The number of aromatic nitrogens is 2. The second kappa shape index (κ2) is 6.65. The van der Waals surface area contributed by atoms with Crippen molar-refractivity contribution >= 4 is 53.4 Å². The van der Waals surface area contributed by atoms with Crippen molar-refractivity contribution in [2.45, 2.75) is 6.92 Å². The summed E-state index contributed by atoms with van der Waals surface area (Å²) in [5.74, 6) is 0.857. The number of anilines is 2. The number of fused-ring (bicyclic) bond motifs is 2. The molecule has 27 heavy (non-hydrogen) atoms. The molecule has 0 N–H and O–H groups in total. The van der Waals surface area contributed by atoms with Crippen LogP contribution in [0.15, 0.2) is 36.4 Å². The minimum atomic E-state index is 0.857. The molecule has 2 aromatic carbocycles. The summed E-state index contributed by atoms with van der Waals surface area (Å²) in [5.41, 5.74) is 3.40. The maximum absolute atomic E-state index is 5.31. The van der Waals surface area contributed by atoms with Crippen LogP contribution in [-0.2, 0) is 0 Å². The predicted molar refractivity (Wildman–Crippen MR) is 115 cm³/mol. The van der Waals surface area contributed by atoms with Gasteiger partial charge in [-0.2, -0.15) is 0 Å². The number of rotatable bonds is 3. The van der Waals surface area contributed by atoms with Gasteiger partial charge in [-0.15, -0.1) is 0 Å². The molecule has 0 amide bonds. The monoisotopic (exact) mass is 396 g/mol. The third kappa shape index (κ3) is 3.11. The Morgan fingerprint density at radius 2 is 1.48 bits per heavy atom. The summed E-state index contributed by atoms with van der Waals surface area (Å²) in [4.78, 5) is 14.4. The molecular weight excluding hydrogens is 376 g/mol. The van der Waals surface area contributed by atoms with Gasteiger partial charge in [0.05, 0.1) is 27.5 Å². The van der Waals surface area contributed by atoms with Gasteiger partial charge in [0, 0.05) is 32.2 Å². The van der Waals surface area contributed by atoms with Gasteiger partial charge in [-0.25, -0.2) is 9.97 Å². The molecule has 0 radical (unpaired) electrons. The van der Waals surface area contributed by atoms with E-state index in [0.29, 0.717) is 0 Å². The minimum absolute atomic E-state index is 0.857. The second-order valence-electron chi connectivity index (χ2n) is 6.77. The van der Waals surface area contributed by atoms with E-state index < -0.39 is 0 Å². The van der Waals surface area contributed by atoms with E-state index in [1.807, 2.05) is 12.1 Å². The highest BCUT2D eigenvalue weighted by molar-refractivity contribution is 7.22. The summed E-state index contributed by atoms with van der Waals surface area (Å²) in [5, 5.41) is 2.22. The fourth-order valence-electron chi connectivity index (χ4n) is 3.40. The molecule has 0 unspecified atom stereocenters. The molecule has 1 aliphatic heterocycles. The van der Waals surface area contributed by atoms with Gasteiger partial charge < -0.3 is 14.5 Å². The molecule has 1 fully saturated rings. The van der Waals surface area contributed by atoms with Crippen LogP contribution in [0.3, 0.4) is 0 Å². The van der Waals surface area contributed by atoms with Crippen LogP contribution in [0, 0.1) is 6.92 Å². The molecule has 138 valence electrons. The molecule has 3 heterocycles. The smallest absolute Gasteiger partial charge is 0.186 e. The highest BCUT2D eigenvalue weighted by atomic mass is 32.1. The second-order valence-corrected chi connectivity index (χ2v) is 8.79. The van der Waals surface area contributed by atoms with Gasteiger partial charge in [-0.3, -0.25) is 0 Å². The fourth-order valence-corrected chi connectivity index (χ4v) is 5.51. The Hall–Kier alpha value is -2.38. The van der Waals surface area contributed by atoms with Gasteiger partial charge in [0.25, 0.3) is 0 Å². The Morgan fingerprint density at radius 1 is 0.815 bits per heavy atom. The molecule has 0 saturated carbocycles. The third-order valence-electron chi connectivity index (χ3n) is 4.94. The Morgan fingerprint density at radius 3 is 2.19 bits per heavy atom. The van der Waals surface area contributed by atoms with Crippen molar-refractivity contribution in [2.75, 3.05) is 43.1 Å². The average molecular weight is 397 g/mol. The van der Waals surface area contributed by atoms with Gasteiger partial charge in [-0.05, 0) is 36.8 Å². The van der Waals surface area contributed by atoms with Crippen LogP contribution in [0.2, 0.25) is 0 Å². The van der Waals surface area contributed by atoms with E-state index in [1.54, 1.807) is 29.8 Å². The van der Waals surface area contributed by atoms with E-state index in [4.69, 9.17) is 14.7 Å². The lowest BCUT2D eigenvalue weighted by atomic mass is 10.2. The van der Waals surface area contributed by atoms with Crippen LogP contribution >= 0.6 is 22.7 Å². The van der Waals surface area contributed by atoms with E-state index in [9.17, 15) is 0 Å². The molecule has 0 spiro atoms. The molecule has 0 atom stereocenters. The standard InChI is InChI=1S/C20H20N4OS2/c1-13-3-5-15-18(11-13)27-19(21-15)23-7-9-24(10-8-23)20-22-16-12-14(25-2)4-6-17(16)26-20/h3-6,11-12H,7-10H2,1-2H3. The first-order valence-corrected chi connectivity index (χ1v) is 10.6. The zero-order chi connectivity index (χ0) is 18.4. The fraction of sp³-hybridized carbons (Fsp3) is 0.300. The van der Waals surface area contributed by atoms with Crippen molar-refractivity contribution in [1.29, 1.82) is 0 Å². The van der Waals surface area contributed by atoms with Crippen LogP contribution in [0.1, 0.15) is 5.56 Å². The van der Waals surface area contributed by atoms with Crippen molar-refractivity contribution in [3.63, 3.8) is 0 Å². The topological polar surface area (TPSA) is 41.5 Å². The molecule has 5 rings (SSSR count). The zero-order valence-electron chi connectivity index (χ0n) is 15.3. The van der Waals surface area contributed by atoms with Gasteiger partial charge in [0.2, 0.25) is 0 Å². The first kappa shape index (κ1) is 16.8. The largest absolute Gasteiger partial charge is 0.497 e. The van der Waals surface area contributed by atoms with E-state index >= 15 is 0 Å². The molecule has 2 aromatic heterocycles. The molecule has 0 aliphatic carbocycles. The van der Waals surface area contributed by atoms with Crippen molar-refractivity contribution < 1.29 is 4.74 Å². The highest BCUT2D eigenvalue weighted by Gasteiger charge is 2.22. The van der Waals surface area contributed by atoms with E-state index in [0.717, 1.165) is 53.2 Å². The molecular formula is C20H20N4OS2. The van der Waals surface area contributed by atoms with Crippen molar-refractivity contribution in [1.82, 2.24) is 9.97 Å². The van der Waals surface area contributed by atoms with Crippen LogP contribution in [0.5, 0.6) is 5.75 Å². The minimum Gasteiger partial charge on any atom is -0.497 e. The summed E-state index contributed by atoms with van der Waals surface area (Å²) in [6.07, 6.45) is 0. The molecule has 7 heteroatoms. The number of hydrogen-bond donors (Lipinski definition) is 0. The first-order chi connectivity index (χ1) is 13.2. The Kier molecular flexibility index (Phi) is 4.13. The molecule has 5 nitrogen and oxygen atoms in total. The van der Waals surface area contributed by atoms with Crippen molar-refractivity contribution in [2.24, 2.45) is 0 Å². The van der Waals surface area contributed by atoms with Crippen molar-refractivity contribution in [3.8, 4) is 5.75 Å². The number of benzene rings is 2. The summed E-state index contributed by atoms with van der Waals surface area (Å²) in [7, 11) is 1.69. The number of thiazole rings is 2. The molecule has 1 aliphatic rings. The maximum atomic E-state index is 5.31. The number of ether oxygens (including phenoxy) is 1. The van der Waals surface area contributed by atoms with E-state index in [2.05, 4.69) is 41.0 Å². The van der Waals surface area contributed by atoms with Gasteiger partial charge in [0.15, 0.2) is 10.3 Å². The van der Waals surface area contributed by atoms with Gasteiger partial charge in [-0.1, -0.05) is 28.7 Å². The predicted octanol–water partition coefficient (Wildman–Crippen LogP) is 4.55. The van der Waals surface area contributed by atoms with Crippen LogP contribution in [0.25, 0.3) is 20.4 Å². The lowest BCUT2D eigenvalue weighted by Crippen LogP contribution is -2.46.